The Bertz CT molecular complexity index is 359. The lowest BCUT2D eigenvalue weighted by Gasteiger charge is -2.01. The molecule has 0 radical (unpaired) electrons. The number of halogens is 4. The van der Waals surface area contributed by atoms with Gasteiger partial charge in [-0.3, -0.25) is 0 Å². The van der Waals surface area contributed by atoms with Crippen LogP contribution in [0.1, 0.15) is 17.9 Å². The van der Waals surface area contributed by atoms with E-state index in [1.807, 2.05) is 0 Å². The third-order valence-electron chi connectivity index (χ3n) is 2.31. The summed E-state index contributed by atoms with van der Waals surface area (Å²) in [6, 6.07) is 1.50. The third kappa shape index (κ3) is 1.81. The summed E-state index contributed by atoms with van der Waals surface area (Å²) in [6.07, 6.45) is -1.86. The highest BCUT2D eigenvalue weighted by atomic mass is 35.5. The third-order valence-corrected chi connectivity index (χ3v) is 2.79. The zero-order chi connectivity index (χ0) is 10.3. The van der Waals surface area contributed by atoms with Gasteiger partial charge in [-0.05, 0) is 24.0 Å². The highest BCUT2D eigenvalue weighted by Gasteiger charge is 2.46. The summed E-state index contributed by atoms with van der Waals surface area (Å²) in [5, 5.41) is 7.44. The molecule has 2 rings (SSSR count). The second-order valence-corrected chi connectivity index (χ2v) is 4.00. The molecular formula is C8H6Cl2F2N2. The average Bonchev–Trinajstić information content (AvgIpc) is 2.88. The number of aromatic nitrogens is 2. The van der Waals surface area contributed by atoms with E-state index in [4.69, 9.17) is 23.2 Å². The molecule has 1 aromatic rings. The van der Waals surface area contributed by atoms with Gasteiger partial charge in [0, 0.05) is 5.92 Å². The van der Waals surface area contributed by atoms with Crippen LogP contribution in [0.3, 0.4) is 0 Å². The minimum atomic E-state index is -2.30. The lowest BCUT2D eigenvalue weighted by molar-refractivity contribution is 0.120. The van der Waals surface area contributed by atoms with E-state index in [2.05, 4.69) is 10.2 Å². The van der Waals surface area contributed by atoms with Crippen LogP contribution in [-0.4, -0.2) is 16.6 Å². The van der Waals surface area contributed by atoms with Crippen LogP contribution in [0.25, 0.3) is 0 Å². The second kappa shape index (κ2) is 3.59. The monoisotopic (exact) mass is 238 g/mol. The van der Waals surface area contributed by atoms with Crippen LogP contribution >= 0.6 is 23.2 Å². The molecule has 0 bridgehead atoms. The first-order valence-electron chi connectivity index (χ1n) is 4.06. The molecule has 1 heterocycles. The maximum atomic E-state index is 12.3. The molecule has 0 amide bonds. The van der Waals surface area contributed by atoms with Crippen molar-refractivity contribution in [3.63, 3.8) is 0 Å². The lowest BCUT2D eigenvalue weighted by atomic mass is 10.2. The molecule has 2 nitrogen and oxygen atoms in total. The molecule has 14 heavy (non-hydrogen) atoms. The Kier molecular flexibility index (Phi) is 2.58. The molecule has 76 valence electrons. The van der Waals surface area contributed by atoms with Crippen LogP contribution in [0.15, 0.2) is 6.07 Å². The van der Waals surface area contributed by atoms with Crippen molar-refractivity contribution in [1.82, 2.24) is 10.2 Å². The first-order chi connectivity index (χ1) is 6.59. The van der Waals surface area contributed by atoms with Crippen LogP contribution in [0, 0.1) is 5.92 Å². The van der Waals surface area contributed by atoms with E-state index in [-0.39, 0.29) is 16.2 Å². The average molecular weight is 239 g/mol. The van der Waals surface area contributed by atoms with Gasteiger partial charge < -0.3 is 0 Å². The largest absolute Gasteiger partial charge is 0.242 e. The van der Waals surface area contributed by atoms with Crippen LogP contribution in [0.2, 0.25) is 10.3 Å². The summed E-state index contributed by atoms with van der Waals surface area (Å²) in [7, 11) is 0. The van der Waals surface area contributed by atoms with Gasteiger partial charge in [0.05, 0.1) is 0 Å². The molecule has 1 saturated carbocycles. The van der Waals surface area contributed by atoms with Gasteiger partial charge in [-0.15, -0.1) is 10.2 Å². The molecule has 0 aromatic carbocycles. The van der Waals surface area contributed by atoms with Crippen molar-refractivity contribution in [2.24, 2.45) is 5.92 Å². The van der Waals surface area contributed by atoms with Crippen molar-refractivity contribution in [1.29, 1.82) is 0 Å². The minimum absolute atomic E-state index is 0.169. The molecule has 0 aliphatic heterocycles. The van der Waals surface area contributed by atoms with Gasteiger partial charge in [0.1, 0.15) is 0 Å². The van der Waals surface area contributed by atoms with E-state index < -0.39 is 12.3 Å². The topological polar surface area (TPSA) is 25.8 Å². The Hall–Kier alpha value is -0.480. The van der Waals surface area contributed by atoms with Crippen molar-refractivity contribution in [2.75, 3.05) is 0 Å². The maximum absolute atomic E-state index is 12.3. The molecule has 1 aliphatic rings. The van der Waals surface area contributed by atoms with Crippen LogP contribution in [0.5, 0.6) is 0 Å². The highest BCUT2D eigenvalue weighted by molar-refractivity contribution is 6.31. The molecule has 2 unspecified atom stereocenters. The summed E-state index contributed by atoms with van der Waals surface area (Å²) in [5.74, 6) is -0.816. The Morgan fingerprint density at radius 1 is 1.36 bits per heavy atom. The van der Waals surface area contributed by atoms with Gasteiger partial charge >= 0.3 is 0 Å². The van der Waals surface area contributed by atoms with Gasteiger partial charge in [0.15, 0.2) is 10.3 Å². The van der Waals surface area contributed by atoms with E-state index in [9.17, 15) is 8.78 Å². The summed E-state index contributed by atoms with van der Waals surface area (Å²) in [4.78, 5) is 0. The molecule has 1 aromatic heterocycles. The Balaban J connectivity index is 2.22. The van der Waals surface area contributed by atoms with Gasteiger partial charge in [-0.25, -0.2) is 8.78 Å². The number of alkyl halides is 2. The molecule has 6 heteroatoms. The first-order valence-corrected chi connectivity index (χ1v) is 4.82. The molecule has 1 aliphatic carbocycles. The van der Waals surface area contributed by atoms with E-state index in [1.165, 1.54) is 6.07 Å². The zero-order valence-corrected chi connectivity index (χ0v) is 8.43. The lowest BCUT2D eigenvalue weighted by Crippen LogP contribution is -1.97. The SMILES string of the molecule is FC(F)C1CC1c1cc(Cl)nnc1Cl. The quantitative estimate of drug-likeness (QED) is 0.792. The Labute approximate surface area is 89.2 Å². The summed E-state index contributed by atoms with van der Waals surface area (Å²) in [5.41, 5.74) is 0.581. The molecule has 0 N–H and O–H groups in total. The number of rotatable bonds is 2. The summed E-state index contributed by atoms with van der Waals surface area (Å²) < 4.78 is 24.6. The standard InChI is InChI=1S/C8H6Cl2F2N2/c9-6-2-4(7(10)14-13-6)3-1-5(3)8(11)12/h2-3,5,8H,1H2. The van der Waals surface area contributed by atoms with E-state index in [0.717, 1.165) is 0 Å². The van der Waals surface area contributed by atoms with Crippen LogP contribution in [0.4, 0.5) is 8.78 Å². The van der Waals surface area contributed by atoms with E-state index >= 15 is 0 Å². The molecular weight excluding hydrogens is 233 g/mol. The molecule has 1 fully saturated rings. The van der Waals surface area contributed by atoms with Gasteiger partial charge in [0.25, 0.3) is 0 Å². The fourth-order valence-electron chi connectivity index (χ4n) is 1.48. The van der Waals surface area contributed by atoms with Crippen molar-refractivity contribution in [3.8, 4) is 0 Å². The highest BCUT2D eigenvalue weighted by Crippen LogP contribution is 2.52. The molecule has 0 saturated heterocycles. The fourth-order valence-corrected chi connectivity index (χ4v) is 1.86. The van der Waals surface area contributed by atoms with Crippen molar-refractivity contribution < 1.29 is 8.78 Å². The summed E-state index contributed by atoms with van der Waals surface area (Å²) >= 11 is 11.3. The minimum Gasteiger partial charge on any atom is -0.210 e. The van der Waals surface area contributed by atoms with Gasteiger partial charge in [-0.2, -0.15) is 0 Å². The van der Waals surface area contributed by atoms with Crippen LogP contribution < -0.4 is 0 Å². The van der Waals surface area contributed by atoms with Crippen molar-refractivity contribution >= 4 is 23.2 Å². The fraction of sp³-hybridized carbons (Fsp3) is 0.500. The Morgan fingerprint density at radius 2 is 2.07 bits per heavy atom. The van der Waals surface area contributed by atoms with E-state index in [1.54, 1.807) is 0 Å². The smallest absolute Gasteiger partial charge is 0.210 e. The van der Waals surface area contributed by atoms with Crippen molar-refractivity contribution in [2.45, 2.75) is 18.8 Å². The van der Waals surface area contributed by atoms with Gasteiger partial charge in [0.2, 0.25) is 6.43 Å². The number of nitrogens with zero attached hydrogens (tertiary/aromatic N) is 2. The second-order valence-electron chi connectivity index (χ2n) is 3.25. The van der Waals surface area contributed by atoms with Gasteiger partial charge in [-0.1, -0.05) is 23.2 Å². The zero-order valence-electron chi connectivity index (χ0n) is 6.92. The summed E-state index contributed by atoms with van der Waals surface area (Å²) in [6.45, 7) is 0. The van der Waals surface area contributed by atoms with Crippen molar-refractivity contribution in [3.05, 3.63) is 21.9 Å². The molecule has 0 spiro atoms. The first kappa shape index (κ1) is 10.1. The van der Waals surface area contributed by atoms with Crippen LogP contribution in [-0.2, 0) is 0 Å². The normalized spacial score (nSPS) is 25.5. The predicted molar refractivity (Wildman–Crippen MR) is 48.9 cm³/mol. The Morgan fingerprint density at radius 3 is 2.64 bits per heavy atom. The number of hydrogen-bond donors (Lipinski definition) is 0. The maximum Gasteiger partial charge on any atom is 0.242 e. The van der Waals surface area contributed by atoms with E-state index in [0.29, 0.717) is 12.0 Å². The number of hydrogen-bond acceptors (Lipinski definition) is 2. The molecule has 2 atom stereocenters. The predicted octanol–water partition coefficient (Wildman–Crippen LogP) is 3.15.